The standard InChI is InChI=1S/C27H42O7/c1-5-7-8-11-22(33-19(3)28)14-15-24-25-17-23(12-9-10-13-27(30)31-6-2)32-18-21(25)16-26(24)34-20(4)29/h12,14-15,21-22,24-26H,5-11,13,16-18H2,1-4H3/b15-14+,23-12-. The third kappa shape index (κ3) is 9.51. The minimum Gasteiger partial charge on any atom is -0.498 e. The van der Waals surface area contributed by atoms with Crippen LogP contribution in [0.3, 0.4) is 0 Å². The number of hydrogen-bond acceptors (Lipinski definition) is 7. The number of rotatable bonds is 13. The molecule has 1 heterocycles. The molecule has 1 aliphatic carbocycles. The first-order valence-electron chi connectivity index (χ1n) is 12.8. The Hall–Kier alpha value is -2.31. The van der Waals surface area contributed by atoms with Crippen molar-refractivity contribution >= 4 is 17.9 Å². The molecule has 1 saturated carbocycles. The first-order valence-corrected chi connectivity index (χ1v) is 12.8. The molecular weight excluding hydrogens is 436 g/mol. The third-order valence-electron chi connectivity index (χ3n) is 6.52. The van der Waals surface area contributed by atoms with Gasteiger partial charge in [0.25, 0.3) is 0 Å². The molecule has 0 aromatic heterocycles. The SMILES string of the molecule is CCCCCC(/C=C/C1C(OC(C)=O)CC2CO/C(=C\CCCC(=O)OCC)CC21)OC(C)=O. The zero-order chi connectivity index (χ0) is 24.9. The molecule has 2 rings (SSSR count). The summed E-state index contributed by atoms with van der Waals surface area (Å²) in [5.41, 5.74) is 0. The molecule has 34 heavy (non-hydrogen) atoms. The highest BCUT2D eigenvalue weighted by molar-refractivity contribution is 5.69. The molecule has 7 heteroatoms. The molecule has 0 radical (unpaired) electrons. The molecule has 0 spiro atoms. The molecule has 2 aliphatic rings. The average molecular weight is 479 g/mol. The van der Waals surface area contributed by atoms with E-state index >= 15 is 0 Å². The van der Waals surface area contributed by atoms with E-state index in [2.05, 4.69) is 19.1 Å². The number of fused-ring (bicyclic) bond motifs is 1. The number of hydrogen-bond donors (Lipinski definition) is 0. The largest absolute Gasteiger partial charge is 0.498 e. The minimum atomic E-state index is -0.286. The van der Waals surface area contributed by atoms with Gasteiger partial charge in [-0.2, -0.15) is 0 Å². The zero-order valence-corrected chi connectivity index (χ0v) is 21.3. The molecule has 0 bridgehead atoms. The molecule has 5 atom stereocenters. The van der Waals surface area contributed by atoms with Crippen LogP contribution in [0.1, 0.15) is 85.5 Å². The van der Waals surface area contributed by atoms with Crippen molar-refractivity contribution in [3.8, 4) is 0 Å². The van der Waals surface area contributed by atoms with Gasteiger partial charge >= 0.3 is 17.9 Å². The van der Waals surface area contributed by atoms with E-state index in [1.807, 2.05) is 6.08 Å². The Kier molecular flexibility index (Phi) is 12.2. The number of carbonyl (C=O) groups excluding carboxylic acids is 3. The van der Waals surface area contributed by atoms with E-state index in [9.17, 15) is 14.4 Å². The van der Waals surface area contributed by atoms with Crippen LogP contribution < -0.4 is 0 Å². The first kappa shape index (κ1) is 27.9. The predicted octanol–water partition coefficient (Wildman–Crippen LogP) is 5.28. The summed E-state index contributed by atoms with van der Waals surface area (Å²) >= 11 is 0. The van der Waals surface area contributed by atoms with Crippen molar-refractivity contribution in [1.29, 1.82) is 0 Å². The number of unbranched alkanes of at least 4 members (excludes halogenated alkanes) is 3. The predicted molar refractivity (Wildman–Crippen MR) is 129 cm³/mol. The van der Waals surface area contributed by atoms with Crippen LogP contribution in [0.5, 0.6) is 0 Å². The quantitative estimate of drug-likeness (QED) is 0.154. The number of esters is 3. The molecule has 2 fully saturated rings. The van der Waals surface area contributed by atoms with Crippen LogP contribution in [-0.4, -0.2) is 43.3 Å². The molecule has 192 valence electrons. The fourth-order valence-electron chi connectivity index (χ4n) is 4.97. The van der Waals surface area contributed by atoms with Gasteiger partial charge in [0.05, 0.1) is 19.0 Å². The van der Waals surface area contributed by atoms with Gasteiger partial charge in [0.15, 0.2) is 0 Å². The van der Waals surface area contributed by atoms with E-state index in [4.69, 9.17) is 18.9 Å². The lowest BCUT2D eigenvalue weighted by Gasteiger charge is -2.30. The summed E-state index contributed by atoms with van der Waals surface area (Å²) in [6.07, 6.45) is 13.1. The highest BCUT2D eigenvalue weighted by atomic mass is 16.5. The van der Waals surface area contributed by atoms with E-state index in [0.717, 1.165) is 57.1 Å². The van der Waals surface area contributed by atoms with Gasteiger partial charge in [-0.3, -0.25) is 14.4 Å². The monoisotopic (exact) mass is 478 g/mol. The molecule has 0 N–H and O–H groups in total. The summed E-state index contributed by atoms with van der Waals surface area (Å²) in [6, 6.07) is 0. The minimum absolute atomic E-state index is 0.0463. The van der Waals surface area contributed by atoms with Crippen molar-refractivity contribution in [2.45, 2.75) is 97.7 Å². The van der Waals surface area contributed by atoms with Crippen molar-refractivity contribution in [2.75, 3.05) is 13.2 Å². The summed E-state index contributed by atoms with van der Waals surface area (Å²) in [7, 11) is 0. The van der Waals surface area contributed by atoms with Gasteiger partial charge in [-0.1, -0.05) is 25.8 Å². The van der Waals surface area contributed by atoms with E-state index in [-0.39, 0.29) is 36.0 Å². The molecule has 1 aliphatic heterocycles. The maximum atomic E-state index is 11.8. The fraction of sp³-hybridized carbons (Fsp3) is 0.741. The molecule has 0 aromatic rings. The average Bonchev–Trinajstić information content (AvgIpc) is 3.10. The maximum absolute atomic E-state index is 11.8. The second-order valence-electron chi connectivity index (χ2n) is 9.30. The summed E-state index contributed by atoms with van der Waals surface area (Å²) in [5.74, 6) is 0.846. The Morgan fingerprint density at radius 3 is 2.59 bits per heavy atom. The Bertz CT molecular complexity index is 726. The van der Waals surface area contributed by atoms with Gasteiger partial charge in [0, 0.05) is 38.5 Å². The van der Waals surface area contributed by atoms with Crippen LogP contribution >= 0.6 is 0 Å². The van der Waals surface area contributed by atoms with Crippen LogP contribution in [0.15, 0.2) is 24.0 Å². The smallest absolute Gasteiger partial charge is 0.305 e. The van der Waals surface area contributed by atoms with Crippen molar-refractivity contribution in [1.82, 2.24) is 0 Å². The van der Waals surface area contributed by atoms with Crippen molar-refractivity contribution < 1.29 is 33.3 Å². The molecule has 5 unspecified atom stereocenters. The Morgan fingerprint density at radius 2 is 1.91 bits per heavy atom. The van der Waals surface area contributed by atoms with E-state index in [0.29, 0.717) is 31.5 Å². The van der Waals surface area contributed by atoms with Crippen LogP contribution in [0.2, 0.25) is 0 Å². The van der Waals surface area contributed by atoms with Crippen LogP contribution in [0.25, 0.3) is 0 Å². The summed E-state index contributed by atoms with van der Waals surface area (Å²) < 4.78 is 22.2. The Morgan fingerprint density at radius 1 is 1.12 bits per heavy atom. The van der Waals surface area contributed by atoms with Gasteiger partial charge in [-0.25, -0.2) is 0 Å². The van der Waals surface area contributed by atoms with Gasteiger partial charge in [0.1, 0.15) is 12.2 Å². The molecular formula is C27H42O7. The van der Waals surface area contributed by atoms with Crippen molar-refractivity contribution in [3.63, 3.8) is 0 Å². The van der Waals surface area contributed by atoms with Crippen LogP contribution in [-0.2, 0) is 33.3 Å². The van der Waals surface area contributed by atoms with E-state index in [1.165, 1.54) is 13.8 Å². The first-order chi connectivity index (χ1) is 16.3. The normalized spacial score (nSPS) is 26.1. The van der Waals surface area contributed by atoms with Crippen molar-refractivity contribution in [2.24, 2.45) is 17.8 Å². The summed E-state index contributed by atoms with van der Waals surface area (Å²) in [4.78, 5) is 34.9. The van der Waals surface area contributed by atoms with Crippen LogP contribution in [0, 0.1) is 17.8 Å². The van der Waals surface area contributed by atoms with Gasteiger partial charge < -0.3 is 18.9 Å². The summed E-state index contributed by atoms with van der Waals surface area (Å²) in [6.45, 7) is 7.83. The van der Waals surface area contributed by atoms with Crippen LogP contribution in [0.4, 0.5) is 0 Å². The maximum Gasteiger partial charge on any atom is 0.305 e. The van der Waals surface area contributed by atoms with E-state index < -0.39 is 0 Å². The number of ether oxygens (including phenoxy) is 4. The van der Waals surface area contributed by atoms with Gasteiger partial charge in [-0.05, 0) is 57.1 Å². The highest BCUT2D eigenvalue weighted by Gasteiger charge is 2.46. The summed E-state index contributed by atoms with van der Waals surface area (Å²) in [5, 5.41) is 0. The Labute approximate surface area is 204 Å². The molecule has 1 saturated heterocycles. The fourth-order valence-corrected chi connectivity index (χ4v) is 4.97. The number of allylic oxidation sites excluding steroid dienone is 2. The zero-order valence-electron chi connectivity index (χ0n) is 21.3. The van der Waals surface area contributed by atoms with Gasteiger partial charge in [0.2, 0.25) is 0 Å². The molecule has 7 nitrogen and oxygen atoms in total. The topological polar surface area (TPSA) is 88.1 Å². The lowest BCUT2D eigenvalue weighted by Crippen LogP contribution is -2.27. The molecule has 0 aromatic carbocycles. The number of carbonyl (C=O) groups is 3. The lowest BCUT2D eigenvalue weighted by molar-refractivity contribution is -0.147. The highest BCUT2D eigenvalue weighted by Crippen LogP contribution is 2.46. The van der Waals surface area contributed by atoms with Gasteiger partial charge in [-0.15, -0.1) is 0 Å². The van der Waals surface area contributed by atoms with E-state index in [1.54, 1.807) is 6.92 Å². The lowest BCUT2D eigenvalue weighted by atomic mass is 9.83. The second-order valence-corrected chi connectivity index (χ2v) is 9.30. The van der Waals surface area contributed by atoms with Crippen molar-refractivity contribution in [3.05, 3.63) is 24.0 Å². The second kappa shape index (κ2) is 14.8. The third-order valence-corrected chi connectivity index (χ3v) is 6.52. The Balaban J connectivity index is 2.06. The molecule has 0 amide bonds.